The fourth-order valence-electron chi connectivity index (χ4n) is 3.45. The van der Waals surface area contributed by atoms with Crippen molar-refractivity contribution in [2.45, 2.75) is 25.4 Å². The smallest absolute Gasteiger partial charge is 0.317 e. The van der Waals surface area contributed by atoms with Gasteiger partial charge in [0, 0.05) is 24.1 Å². The van der Waals surface area contributed by atoms with Gasteiger partial charge in [0.15, 0.2) is 0 Å². The van der Waals surface area contributed by atoms with E-state index in [1.54, 1.807) is 36.2 Å². The highest BCUT2D eigenvalue weighted by Gasteiger charge is 2.33. The average molecular weight is 440 g/mol. The van der Waals surface area contributed by atoms with Crippen LogP contribution in [0.4, 0.5) is 8.78 Å². The molecule has 0 aliphatic carbocycles. The summed E-state index contributed by atoms with van der Waals surface area (Å²) in [6.07, 6.45) is 0.214. The van der Waals surface area contributed by atoms with Crippen molar-refractivity contribution >= 4 is 5.97 Å². The molecule has 3 aromatic carbocycles. The first kappa shape index (κ1) is 23.4. The van der Waals surface area contributed by atoms with Crippen LogP contribution in [-0.4, -0.2) is 36.1 Å². The van der Waals surface area contributed by atoms with Gasteiger partial charge in [-0.05, 0) is 43.8 Å². The Hall–Kier alpha value is -3.25. The van der Waals surface area contributed by atoms with Crippen molar-refractivity contribution in [1.29, 1.82) is 0 Å². The number of carboxylic acids is 1. The molecule has 0 spiro atoms. The van der Waals surface area contributed by atoms with Gasteiger partial charge in [0.1, 0.15) is 11.9 Å². The predicted octanol–water partition coefficient (Wildman–Crippen LogP) is 5.66. The van der Waals surface area contributed by atoms with E-state index in [0.717, 1.165) is 11.1 Å². The Kier molecular flexibility index (Phi) is 7.59. The lowest BCUT2D eigenvalue weighted by Gasteiger charge is -2.23. The van der Waals surface area contributed by atoms with E-state index < -0.39 is 11.9 Å². The number of nitrogens with zero attached hydrogens (tertiary/aromatic N) is 1. The third kappa shape index (κ3) is 6.14. The second-order valence-corrected chi connectivity index (χ2v) is 7.90. The Morgan fingerprint density at radius 3 is 2.09 bits per heavy atom. The molecule has 0 bridgehead atoms. The molecule has 0 heterocycles. The molecule has 0 aliphatic rings. The maximum atomic E-state index is 14.9. The Morgan fingerprint density at radius 2 is 1.53 bits per heavy atom. The number of alkyl halides is 2. The summed E-state index contributed by atoms with van der Waals surface area (Å²) in [5.74, 6) is -3.53. The summed E-state index contributed by atoms with van der Waals surface area (Å²) in [7, 11) is 1.73. The zero-order valence-corrected chi connectivity index (χ0v) is 18.2. The number of rotatable bonds is 10. The van der Waals surface area contributed by atoms with Gasteiger partial charge in [0.2, 0.25) is 0 Å². The van der Waals surface area contributed by atoms with Crippen molar-refractivity contribution in [3.63, 3.8) is 0 Å². The Bertz CT molecular complexity index is 1010. The molecule has 0 saturated heterocycles. The fourth-order valence-corrected chi connectivity index (χ4v) is 3.45. The van der Waals surface area contributed by atoms with Gasteiger partial charge in [-0.1, -0.05) is 60.2 Å². The SMILES string of the molecule is Cc1ccc(C(F)(F)c2ccc(OC(CCN(C)CC(=O)O)c3ccccc3)cc2)cc1. The van der Waals surface area contributed by atoms with Crippen LogP contribution in [0.3, 0.4) is 0 Å². The topological polar surface area (TPSA) is 49.8 Å². The van der Waals surface area contributed by atoms with E-state index in [9.17, 15) is 13.6 Å². The number of aryl methyl sites for hydroxylation is 1. The van der Waals surface area contributed by atoms with E-state index in [1.807, 2.05) is 37.3 Å². The molecule has 0 amide bonds. The number of ether oxygens (including phenoxy) is 1. The minimum absolute atomic E-state index is 0.0552. The summed E-state index contributed by atoms with van der Waals surface area (Å²) in [5.41, 5.74) is 1.70. The molecular weight excluding hydrogens is 412 g/mol. The first-order chi connectivity index (χ1) is 15.3. The molecule has 0 saturated carbocycles. The van der Waals surface area contributed by atoms with Crippen molar-refractivity contribution in [1.82, 2.24) is 4.90 Å². The maximum absolute atomic E-state index is 14.9. The van der Waals surface area contributed by atoms with E-state index in [0.29, 0.717) is 18.7 Å². The normalized spacial score (nSPS) is 12.5. The third-order valence-electron chi connectivity index (χ3n) is 5.26. The van der Waals surface area contributed by atoms with Gasteiger partial charge in [-0.25, -0.2) is 0 Å². The van der Waals surface area contributed by atoms with Gasteiger partial charge in [0.25, 0.3) is 5.92 Å². The van der Waals surface area contributed by atoms with E-state index in [1.165, 1.54) is 24.3 Å². The number of likely N-dealkylation sites (N-methyl/N-ethyl adjacent to an activating group) is 1. The van der Waals surface area contributed by atoms with E-state index in [4.69, 9.17) is 9.84 Å². The largest absolute Gasteiger partial charge is 0.486 e. The number of hydrogen-bond acceptors (Lipinski definition) is 3. The fraction of sp³-hybridized carbons (Fsp3) is 0.269. The molecule has 1 atom stereocenters. The second kappa shape index (κ2) is 10.4. The molecule has 0 aliphatic heterocycles. The number of halogens is 2. The molecule has 0 radical (unpaired) electrons. The molecule has 6 heteroatoms. The molecule has 3 aromatic rings. The first-order valence-corrected chi connectivity index (χ1v) is 10.4. The summed E-state index contributed by atoms with van der Waals surface area (Å²) < 4.78 is 35.9. The molecule has 1 N–H and O–H groups in total. The molecule has 4 nitrogen and oxygen atoms in total. The first-order valence-electron chi connectivity index (χ1n) is 10.4. The lowest BCUT2D eigenvalue weighted by molar-refractivity contribution is -0.138. The van der Waals surface area contributed by atoms with Gasteiger partial charge in [0.05, 0.1) is 6.54 Å². The maximum Gasteiger partial charge on any atom is 0.317 e. The van der Waals surface area contributed by atoms with E-state index >= 15 is 0 Å². The van der Waals surface area contributed by atoms with E-state index in [2.05, 4.69) is 0 Å². The molecule has 0 fully saturated rings. The van der Waals surface area contributed by atoms with E-state index in [-0.39, 0.29) is 23.8 Å². The quantitative estimate of drug-likeness (QED) is 0.443. The van der Waals surface area contributed by atoms with Crippen molar-refractivity contribution < 1.29 is 23.4 Å². The van der Waals surface area contributed by atoms with Gasteiger partial charge < -0.3 is 9.84 Å². The minimum atomic E-state index is -3.11. The second-order valence-electron chi connectivity index (χ2n) is 7.90. The van der Waals surface area contributed by atoms with Crippen LogP contribution in [0.25, 0.3) is 0 Å². The summed E-state index contributed by atoms with van der Waals surface area (Å²) in [4.78, 5) is 12.6. The monoisotopic (exact) mass is 439 g/mol. The number of aliphatic carboxylic acids is 1. The zero-order valence-electron chi connectivity index (χ0n) is 18.2. The van der Waals surface area contributed by atoms with Crippen LogP contribution in [0, 0.1) is 6.92 Å². The van der Waals surface area contributed by atoms with Crippen molar-refractivity contribution in [2.24, 2.45) is 0 Å². The van der Waals surface area contributed by atoms with Crippen molar-refractivity contribution in [3.05, 3.63) is 101 Å². The number of hydrogen-bond donors (Lipinski definition) is 1. The Labute approximate surface area is 187 Å². The van der Waals surface area contributed by atoms with Crippen molar-refractivity contribution in [3.8, 4) is 5.75 Å². The summed E-state index contributed by atoms with van der Waals surface area (Å²) in [5, 5.41) is 8.95. The lowest BCUT2D eigenvalue weighted by atomic mass is 9.99. The minimum Gasteiger partial charge on any atom is -0.486 e. The zero-order chi connectivity index (χ0) is 23.1. The van der Waals surface area contributed by atoms with Crippen LogP contribution in [0.15, 0.2) is 78.9 Å². The van der Waals surface area contributed by atoms with Gasteiger partial charge in [-0.2, -0.15) is 8.78 Å². The summed E-state index contributed by atoms with van der Waals surface area (Å²) in [6, 6.07) is 21.7. The van der Waals surface area contributed by atoms with Crippen molar-refractivity contribution in [2.75, 3.05) is 20.1 Å². The lowest BCUT2D eigenvalue weighted by Crippen LogP contribution is -2.28. The van der Waals surface area contributed by atoms with Crippen LogP contribution in [0.2, 0.25) is 0 Å². The number of benzene rings is 3. The molecule has 1 unspecified atom stereocenters. The molecule has 168 valence electrons. The van der Waals surface area contributed by atoms with Gasteiger partial charge in [-0.15, -0.1) is 0 Å². The predicted molar refractivity (Wildman–Crippen MR) is 120 cm³/mol. The molecule has 3 rings (SSSR count). The number of carboxylic acid groups (broad SMARTS) is 1. The van der Waals surface area contributed by atoms with Crippen LogP contribution in [0.1, 0.15) is 34.8 Å². The third-order valence-corrected chi connectivity index (χ3v) is 5.26. The number of carbonyl (C=O) groups is 1. The molecule has 0 aromatic heterocycles. The Morgan fingerprint density at radius 1 is 0.969 bits per heavy atom. The van der Waals surface area contributed by atoms with Gasteiger partial charge in [-0.3, -0.25) is 9.69 Å². The van der Waals surface area contributed by atoms with Gasteiger partial charge >= 0.3 is 5.97 Å². The highest BCUT2D eigenvalue weighted by Crippen LogP contribution is 2.37. The molecular formula is C26H27F2NO3. The molecule has 32 heavy (non-hydrogen) atoms. The van der Waals surface area contributed by atoms with Crippen LogP contribution >= 0.6 is 0 Å². The highest BCUT2D eigenvalue weighted by molar-refractivity contribution is 5.69. The van der Waals surface area contributed by atoms with Crippen LogP contribution < -0.4 is 4.74 Å². The van der Waals surface area contributed by atoms with Crippen LogP contribution in [0.5, 0.6) is 5.75 Å². The average Bonchev–Trinajstić information content (AvgIpc) is 2.77. The highest BCUT2D eigenvalue weighted by atomic mass is 19.3. The Balaban J connectivity index is 1.75. The summed E-state index contributed by atoms with van der Waals surface area (Å²) in [6.45, 7) is 2.30. The summed E-state index contributed by atoms with van der Waals surface area (Å²) >= 11 is 0. The van der Waals surface area contributed by atoms with Crippen LogP contribution in [-0.2, 0) is 10.7 Å². The standard InChI is InChI=1S/C26H27F2NO3/c1-19-8-10-21(11-9-19)26(27,28)22-12-14-23(15-13-22)32-24(20-6-4-3-5-7-20)16-17-29(2)18-25(30)31/h3-15,24H,16-18H2,1-2H3,(H,30,31).